The SMILES string of the molecule is O=C1CCC(NC(=O)CCSc2ccccc2Cl)CN1. The van der Waals surface area contributed by atoms with E-state index >= 15 is 0 Å². The highest BCUT2D eigenvalue weighted by Gasteiger charge is 2.19. The molecule has 1 aromatic rings. The first-order chi connectivity index (χ1) is 9.65. The first-order valence-electron chi connectivity index (χ1n) is 6.58. The lowest BCUT2D eigenvalue weighted by Crippen LogP contribution is -2.47. The predicted molar refractivity (Wildman–Crippen MR) is 81.0 cm³/mol. The number of carbonyl (C=O) groups is 2. The number of nitrogens with one attached hydrogen (secondary N) is 2. The molecule has 20 heavy (non-hydrogen) atoms. The Kier molecular flexibility index (Phi) is 5.73. The van der Waals surface area contributed by atoms with Gasteiger partial charge < -0.3 is 10.6 Å². The number of amides is 2. The molecule has 2 N–H and O–H groups in total. The van der Waals surface area contributed by atoms with Gasteiger partial charge in [0.05, 0.1) is 5.02 Å². The van der Waals surface area contributed by atoms with E-state index in [0.717, 1.165) is 11.3 Å². The third-order valence-corrected chi connectivity index (χ3v) is 4.57. The van der Waals surface area contributed by atoms with Crippen molar-refractivity contribution < 1.29 is 9.59 Å². The van der Waals surface area contributed by atoms with Crippen LogP contribution in [0.5, 0.6) is 0 Å². The smallest absolute Gasteiger partial charge is 0.221 e. The second-order valence-electron chi connectivity index (χ2n) is 4.64. The van der Waals surface area contributed by atoms with Gasteiger partial charge in [0.2, 0.25) is 11.8 Å². The molecule has 0 radical (unpaired) electrons. The van der Waals surface area contributed by atoms with E-state index < -0.39 is 0 Å². The van der Waals surface area contributed by atoms with Gasteiger partial charge in [0.1, 0.15) is 0 Å². The minimum absolute atomic E-state index is 0.0192. The predicted octanol–water partition coefficient (Wildman–Crippen LogP) is 2.22. The van der Waals surface area contributed by atoms with Gasteiger partial charge in [-0.1, -0.05) is 23.7 Å². The third-order valence-electron chi connectivity index (χ3n) is 3.05. The summed E-state index contributed by atoms with van der Waals surface area (Å²) < 4.78 is 0. The highest BCUT2D eigenvalue weighted by Crippen LogP contribution is 2.26. The zero-order chi connectivity index (χ0) is 14.4. The van der Waals surface area contributed by atoms with E-state index in [1.165, 1.54) is 0 Å². The number of hydrogen-bond acceptors (Lipinski definition) is 3. The Bertz CT molecular complexity index is 486. The quantitative estimate of drug-likeness (QED) is 0.820. The highest BCUT2D eigenvalue weighted by atomic mass is 35.5. The molecule has 0 bridgehead atoms. The van der Waals surface area contributed by atoms with E-state index in [2.05, 4.69) is 10.6 Å². The van der Waals surface area contributed by atoms with Crippen LogP contribution in [0.3, 0.4) is 0 Å². The summed E-state index contributed by atoms with van der Waals surface area (Å²) in [6.45, 7) is 0.530. The van der Waals surface area contributed by atoms with Crippen molar-refractivity contribution in [1.29, 1.82) is 0 Å². The lowest BCUT2D eigenvalue weighted by molar-refractivity contribution is -0.125. The molecule has 0 aromatic heterocycles. The van der Waals surface area contributed by atoms with E-state index in [9.17, 15) is 9.59 Å². The Morgan fingerprint density at radius 1 is 1.45 bits per heavy atom. The molecule has 4 nitrogen and oxygen atoms in total. The molecule has 0 saturated carbocycles. The van der Waals surface area contributed by atoms with E-state index in [0.29, 0.717) is 30.2 Å². The summed E-state index contributed by atoms with van der Waals surface area (Å²) in [5, 5.41) is 6.41. The molecule has 1 aromatic carbocycles. The molecule has 1 aliphatic heterocycles. The summed E-state index contributed by atoms with van der Waals surface area (Å²) in [5.74, 6) is 0.768. The van der Waals surface area contributed by atoms with Crippen LogP contribution in [-0.2, 0) is 9.59 Å². The highest BCUT2D eigenvalue weighted by molar-refractivity contribution is 7.99. The first-order valence-corrected chi connectivity index (χ1v) is 7.95. The average molecular weight is 313 g/mol. The molecule has 0 spiro atoms. The fourth-order valence-corrected chi connectivity index (χ4v) is 3.16. The van der Waals surface area contributed by atoms with Crippen molar-refractivity contribution in [3.8, 4) is 0 Å². The maximum Gasteiger partial charge on any atom is 0.221 e. The molecule has 1 saturated heterocycles. The minimum Gasteiger partial charge on any atom is -0.354 e. The number of hydrogen-bond donors (Lipinski definition) is 2. The van der Waals surface area contributed by atoms with Gasteiger partial charge in [-0.2, -0.15) is 0 Å². The van der Waals surface area contributed by atoms with Crippen molar-refractivity contribution in [2.45, 2.75) is 30.2 Å². The summed E-state index contributed by atoms with van der Waals surface area (Å²) in [7, 11) is 0. The summed E-state index contributed by atoms with van der Waals surface area (Å²) in [4.78, 5) is 23.8. The second-order valence-corrected chi connectivity index (χ2v) is 6.18. The van der Waals surface area contributed by atoms with Crippen LogP contribution in [0.1, 0.15) is 19.3 Å². The van der Waals surface area contributed by atoms with Crippen LogP contribution in [-0.4, -0.2) is 30.2 Å². The molecule has 1 aliphatic rings. The van der Waals surface area contributed by atoms with Crippen molar-refractivity contribution in [2.24, 2.45) is 0 Å². The monoisotopic (exact) mass is 312 g/mol. The summed E-state index contributed by atoms with van der Waals surface area (Å²) >= 11 is 7.62. The maximum atomic E-state index is 11.8. The number of benzene rings is 1. The molecule has 1 unspecified atom stereocenters. The van der Waals surface area contributed by atoms with Gasteiger partial charge in [0, 0.05) is 36.1 Å². The molecule has 1 fully saturated rings. The normalized spacial score (nSPS) is 18.4. The fraction of sp³-hybridized carbons (Fsp3) is 0.429. The zero-order valence-corrected chi connectivity index (χ0v) is 12.6. The number of rotatable bonds is 5. The summed E-state index contributed by atoms with van der Waals surface area (Å²) in [6, 6.07) is 7.66. The van der Waals surface area contributed by atoms with Crippen LogP contribution in [0, 0.1) is 0 Å². The number of piperidine rings is 1. The van der Waals surface area contributed by atoms with E-state index in [1.807, 2.05) is 24.3 Å². The summed E-state index contributed by atoms with van der Waals surface area (Å²) in [6.07, 6.45) is 1.65. The van der Waals surface area contributed by atoms with Crippen LogP contribution >= 0.6 is 23.4 Å². The lowest BCUT2D eigenvalue weighted by atomic mass is 10.1. The van der Waals surface area contributed by atoms with Gasteiger partial charge in [-0.3, -0.25) is 9.59 Å². The lowest BCUT2D eigenvalue weighted by Gasteiger charge is -2.23. The van der Waals surface area contributed by atoms with Crippen molar-refractivity contribution >= 4 is 35.2 Å². The fourth-order valence-electron chi connectivity index (χ4n) is 1.97. The minimum atomic E-state index is 0.0192. The molecular formula is C14H17ClN2O2S. The molecule has 0 aliphatic carbocycles. The van der Waals surface area contributed by atoms with Crippen LogP contribution < -0.4 is 10.6 Å². The maximum absolute atomic E-state index is 11.8. The van der Waals surface area contributed by atoms with Crippen LogP contribution in [0.2, 0.25) is 5.02 Å². The number of carbonyl (C=O) groups excluding carboxylic acids is 2. The summed E-state index contributed by atoms with van der Waals surface area (Å²) in [5.41, 5.74) is 0. The second kappa shape index (κ2) is 7.55. The molecule has 1 atom stereocenters. The van der Waals surface area contributed by atoms with Gasteiger partial charge >= 0.3 is 0 Å². The number of halogens is 1. The Morgan fingerprint density at radius 2 is 2.25 bits per heavy atom. The van der Waals surface area contributed by atoms with Crippen molar-refractivity contribution in [3.63, 3.8) is 0 Å². The van der Waals surface area contributed by atoms with Gasteiger partial charge in [0.15, 0.2) is 0 Å². The molecule has 108 valence electrons. The Balaban J connectivity index is 1.68. The molecule has 2 rings (SSSR count). The van der Waals surface area contributed by atoms with Crippen molar-refractivity contribution in [2.75, 3.05) is 12.3 Å². The van der Waals surface area contributed by atoms with Crippen LogP contribution in [0.25, 0.3) is 0 Å². The topological polar surface area (TPSA) is 58.2 Å². The molecule has 6 heteroatoms. The van der Waals surface area contributed by atoms with Crippen molar-refractivity contribution in [3.05, 3.63) is 29.3 Å². The van der Waals surface area contributed by atoms with Gasteiger partial charge in [-0.05, 0) is 18.6 Å². The van der Waals surface area contributed by atoms with Crippen LogP contribution in [0.4, 0.5) is 0 Å². The van der Waals surface area contributed by atoms with Crippen molar-refractivity contribution in [1.82, 2.24) is 10.6 Å². The molecule has 1 heterocycles. The van der Waals surface area contributed by atoms with Gasteiger partial charge in [-0.25, -0.2) is 0 Å². The standard InChI is InChI=1S/C14H17ClN2O2S/c15-11-3-1-2-4-12(11)20-8-7-14(19)17-10-5-6-13(18)16-9-10/h1-4,10H,5-9H2,(H,16,18)(H,17,19). The number of thioether (sulfide) groups is 1. The van der Waals surface area contributed by atoms with Gasteiger partial charge in [0.25, 0.3) is 0 Å². The first kappa shape index (κ1) is 15.2. The van der Waals surface area contributed by atoms with E-state index in [1.54, 1.807) is 11.8 Å². The zero-order valence-electron chi connectivity index (χ0n) is 11.0. The van der Waals surface area contributed by atoms with E-state index in [-0.39, 0.29) is 17.9 Å². The Hall–Kier alpha value is -1.20. The Labute approximate surface area is 127 Å². The van der Waals surface area contributed by atoms with E-state index in [4.69, 9.17) is 11.6 Å². The molecule has 2 amide bonds. The Morgan fingerprint density at radius 3 is 2.95 bits per heavy atom. The largest absolute Gasteiger partial charge is 0.354 e. The average Bonchev–Trinajstić information content (AvgIpc) is 2.43. The van der Waals surface area contributed by atoms with Crippen LogP contribution in [0.15, 0.2) is 29.2 Å². The van der Waals surface area contributed by atoms with Gasteiger partial charge in [-0.15, -0.1) is 11.8 Å². The third kappa shape index (κ3) is 4.72. The molecular weight excluding hydrogens is 296 g/mol.